The Morgan fingerprint density at radius 3 is 2.80 bits per heavy atom. The normalized spacial score (nSPS) is 13.2. The van der Waals surface area contributed by atoms with Crippen molar-refractivity contribution in [3.05, 3.63) is 51.8 Å². The van der Waals surface area contributed by atoms with Gasteiger partial charge in [-0.1, -0.05) is 22.0 Å². The number of aromatic nitrogens is 2. The molecule has 0 spiro atoms. The van der Waals surface area contributed by atoms with Gasteiger partial charge >= 0.3 is 0 Å². The van der Waals surface area contributed by atoms with Crippen molar-refractivity contribution in [2.24, 2.45) is 0 Å². The van der Waals surface area contributed by atoms with E-state index >= 15 is 0 Å². The molecule has 3 heterocycles. The number of rotatable bonds is 2. The van der Waals surface area contributed by atoms with Crippen LogP contribution in [0.3, 0.4) is 0 Å². The zero-order chi connectivity index (χ0) is 13.5. The molecule has 1 aromatic carbocycles. The fraction of sp³-hybridized carbons (Fsp3) is 0.133. The highest BCUT2D eigenvalue weighted by Gasteiger charge is 2.24. The monoisotopic (exact) mass is 345 g/mol. The molecular weight excluding hydrogens is 334 g/mol. The minimum Gasteiger partial charge on any atom is -0.369 e. The fourth-order valence-electron chi connectivity index (χ4n) is 2.56. The Kier molecular flexibility index (Phi) is 2.89. The molecule has 0 saturated carbocycles. The van der Waals surface area contributed by atoms with Crippen LogP contribution < -0.4 is 5.32 Å². The molecule has 0 saturated heterocycles. The zero-order valence-corrected chi connectivity index (χ0v) is 13.0. The standard InChI is InChI=1S/C15H12BrN3S/c16-10-3-5-11(6-4-10)19-15-12(7-8-17-15)14(18-19)13-2-1-9-20-13/h1-6,9,17H,7-8H2. The second kappa shape index (κ2) is 4.75. The van der Waals surface area contributed by atoms with Crippen LogP contribution in [0.15, 0.2) is 46.3 Å². The highest BCUT2D eigenvalue weighted by molar-refractivity contribution is 9.10. The molecule has 3 nitrogen and oxygen atoms in total. The van der Waals surface area contributed by atoms with Gasteiger partial charge in [-0.05, 0) is 42.1 Å². The maximum Gasteiger partial charge on any atom is 0.133 e. The first-order chi connectivity index (χ1) is 9.83. The summed E-state index contributed by atoms with van der Waals surface area (Å²) in [6.45, 7) is 0.988. The first kappa shape index (κ1) is 12.2. The quantitative estimate of drug-likeness (QED) is 0.748. The lowest BCUT2D eigenvalue weighted by Gasteiger charge is -2.06. The van der Waals surface area contributed by atoms with E-state index < -0.39 is 0 Å². The van der Waals surface area contributed by atoms with E-state index in [0.29, 0.717) is 0 Å². The van der Waals surface area contributed by atoms with Gasteiger partial charge in [-0.3, -0.25) is 0 Å². The van der Waals surface area contributed by atoms with Crippen LogP contribution in [0.4, 0.5) is 5.82 Å². The first-order valence-corrected chi connectivity index (χ1v) is 8.16. The maximum atomic E-state index is 4.82. The van der Waals surface area contributed by atoms with Gasteiger partial charge in [0.05, 0.1) is 10.6 Å². The number of hydrogen-bond acceptors (Lipinski definition) is 3. The van der Waals surface area contributed by atoms with Gasteiger partial charge < -0.3 is 5.32 Å². The van der Waals surface area contributed by atoms with Gasteiger partial charge in [0.1, 0.15) is 11.5 Å². The van der Waals surface area contributed by atoms with Gasteiger partial charge in [0, 0.05) is 16.6 Å². The number of anilines is 1. The van der Waals surface area contributed by atoms with Crippen LogP contribution in [0.1, 0.15) is 5.56 Å². The summed E-state index contributed by atoms with van der Waals surface area (Å²) in [7, 11) is 0. The van der Waals surface area contributed by atoms with Crippen LogP contribution in [-0.2, 0) is 6.42 Å². The second-order valence-corrected chi connectivity index (χ2v) is 6.58. The third-order valence-corrected chi connectivity index (χ3v) is 4.88. The van der Waals surface area contributed by atoms with Crippen molar-refractivity contribution in [3.63, 3.8) is 0 Å². The Morgan fingerprint density at radius 1 is 1.20 bits per heavy atom. The minimum absolute atomic E-state index is 0.988. The molecule has 0 fully saturated rings. The van der Waals surface area contributed by atoms with Crippen molar-refractivity contribution in [2.75, 3.05) is 11.9 Å². The second-order valence-electron chi connectivity index (χ2n) is 4.72. The Bertz CT molecular complexity index is 744. The summed E-state index contributed by atoms with van der Waals surface area (Å²) in [4.78, 5) is 1.24. The summed E-state index contributed by atoms with van der Waals surface area (Å²) < 4.78 is 3.10. The SMILES string of the molecule is Brc1ccc(-n2nc(-c3cccs3)c3c2NCC3)cc1. The highest BCUT2D eigenvalue weighted by Crippen LogP contribution is 2.36. The molecule has 0 bridgehead atoms. The Balaban J connectivity index is 1.89. The van der Waals surface area contributed by atoms with Crippen LogP contribution in [0.5, 0.6) is 0 Å². The molecule has 20 heavy (non-hydrogen) atoms. The molecule has 2 aromatic heterocycles. The van der Waals surface area contributed by atoms with E-state index in [4.69, 9.17) is 5.10 Å². The summed E-state index contributed by atoms with van der Waals surface area (Å²) in [6.07, 6.45) is 1.04. The van der Waals surface area contributed by atoms with Gasteiger partial charge in [0.25, 0.3) is 0 Å². The van der Waals surface area contributed by atoms with Crippen molar-refractivity contribution in [3.8, 4) is 16.3 Å². The van der Waals surface area contributed by atoms with Crippen molar-refractivity contribution in [1.29, 1.82) is 0 Å². The summed E-state index contributed by atoms with van der Waals surface area (Å²) in [5.74, 6) is 1.13. The van der Waals surface area contributed by atoms with Crippen LogP contribution in [0.25, 0.3) is 16.3 Å². The summed E-state index contributed by atoms with van der Waals surface area (Å²) in [5, 5.41) is 10.4. The highest BCUT2D eigenvalue weighted by atomic mass is 79.9. The van der Waals surface area contributed by atoms with Gasteiger partial charge in [-0.2, -0.15) is 5.10 Å². The average molecular weight is 346 g/mol. The molecule has 1 aliphatic rings. The molecule has 0 aliphatic carbocycles. The van der Waals surface area contributed by atoms with Crippen LogP contribution in [0, 0.1) is 0 Å². The first-order valence-electron chi connectivity index (χ1n) is 6.48. The van der Waals surface area contributed by atoms with Crippen LogP contribution in [-0.4, -0.2) is 16.3 Å². The lowest BCUT2D eigenvalue weighted by Crippen LogP contribution is -2.03. The largest absolute Gasteiger partial charge is 0.369 e. The molecular formula is C15H12BrN3S. The average Bonchev–Trinajstić information content (AvgIpc) is 3.16. The van der Waals surface area contributed by atoms with Gasteiger partial charge in [0.2, 0.25) is 0 Å². The van der Waals surface area contributed by atoms with E-state index in [-0.39, 0.29) is 0 Å². The number of thiophene rings is 1. The number of hydrogen-bond donors (Lipinski definition) is 1. The third kappa shape index (κ3) is 1.89. The minimum atomic E-state index is 0.988. The van der Waals surface area contributed by atoms with Crippen molar-refractivity contribution < 1.29 is 0 Å². The zero-order valence-electron chi connectivity index (χ0n) is 10.6. The summed E-state index contributed by atoms with van der Waals surface area (Å²) in [6, 6.07) is 12.5. The number of nitrogens with one attached hydrogen (secondary N) is 1. The predicted molar refractivity (Wildman–Crippen MR) is 86.8 cm³/mol. The van der Waals surface area contributed by atoms with Crippen molar-refractivity contribution in [1.82, 2.24) is 9.78 Å². The maximum absolute atomic E-state index is 4.82. The number of benzene rings is 1. The molecule has 4 rings (SSSR count). The molecule has 3 aromatic rings. The van der Waals surface area contributed by atoms with E-state index in [9.17, 15) is 0 Å². The molecule has 1 aliphatic heterocycles. The van der Waals surface area contributed by atoms with E-state index in [1.807, 2.05) is 16.8 Å². The molecule has 100 valence electrons. The number of nitrogens with zero attached hydrogens (tertiary/aromatic N) is 2. The summed E-state index contributed by atoms with van der Waals surface area (Å²) >= 11 is 5.22. The van der Waals surface area contributed by atoms with Crippen molar-refractivity contribution in [2.45, 2.75) is 6.42 Å². The van der Waals surface area contributed by atoms with E-state index in [2.05, 4.69) is 50.9 Å². The molecule has 0 amide bonds. The predicted octanol–water partition coefficient (Wildman–Crippen LogP) is 4.33. The number of fused-ring (bicyclic) bond motifs is 1. The lowest BCUT2D eigenvalue weighted by molar-refractivity contribution is 0.883. The number of halogens is 1. The lowest BCUT2D eigenvalue weighted by atomic mass is 10.2. The molecule has 0 unspecified atom stereocenters. The van der Waals surface area contributed by atoms with E-state index in [1.165, 1.54) is 10.4 Å². The van der Waals surface area contributed by atoms with Crippen molar-refractivity contribution >= 4 is 33.1 Å². The molecule has 5 heteroatoms. The molecule has 0 atom stereocenters. The van der Waals surface area contributed by atoms with Crippen LogP contribution in [0.2, 0.25) is 0 Å². The Morgan fingerprint density at radius 2 is 2.05 bits per heavy atom. The van der Waals surface area contributed by atoms with Gasteiger partial charge in [0.15, 0.2) is 0 Å². The van der Waals surface area contributed by atoms with E-state index in [0.717, 1.165) is 34.6 Å². The van der Waals surface area contributed by atoms with E-state index in [1.54, 1.807) is 11.3 Å². The summed E-state index contributed by atoms with van der Waals surface area (Å²) in [5.41, 5.74) is 3.53. The van der Waals surface area contributed by atoms with Crippen LogP contribution >= 0.6 is 27.3 Å². The van der Waals surface area contributed by atoms with Gasteiger partial charge in [-0.25, -0.2) is 4.68 Å². The third-order valence-electron chi connectivity index (χ3n) is 3.48. The molecule has 0 radical (unpaired) electrons. The van der Waals surface area contributed by atoms with Gasteiger partial charge in [-0.15, -0.1) is 11.3 Å². The topological polar surface area (TPSA) is 29.9 Å². The fourth-order valence-corrected chi connectivity index (χ4v) is 3.56. The Labute approximate surface area is 129 Å². The molecule has 1 N–H and O–H groups in total. The smallest absolute Gasteiger partial charge is 0.133 e. The Hall–Kier alpha value is -1.59.